The Bertz CT molecular complexity index is 1030. The standard InChI is InChI=1S/C22H23Cl2N3O/c23-16-8-7-14(11-17(16)24)12-26-18-4-1-3-15(18)13-27-20-6-2-5-19-22(20)21(28)9-10-25-19/h2,5-11,15,18,26-27H,1,3-4,12-13H2,(H,25,28). The van der Waals surface area contributed by atoms with Gasteiger partial charge < -0.3 is 15.6 Å². The van der Waals surface area contributed by atoms with Crippen LogP contribution in [-0.2, 0) is 6.54 Å². The Balaban J connectivity index is 1.41. The minimum Gasteiger partial charge on any atom is -0.384 e. The van der Waals surface area contributed by atoms with Gasteiger partial charge in [0.1, 0.15) is 0 Å². The lowest BCUT2D eigenvalue weighted by atomic mass is 10.0. The van der Waals surface area contributed by atoms with Crippen molar-refractivity contribution in [2.45, 2.75) is 31.8 Å². The fraction of sp³-hybridized carbons (Fsp3) is 0.318. The molecule has 0 radical (unpaired) electrons. The number of benzene rings is 2. The van der Waals surface area contributed by atoms with E-state index in [1.165, 1.54) is 12.8 Å². The van der Waals surface area contributed by atoms with Gasteiger partial charge >= 0.3 is 0 Å². The molecule has 1 fully saturated rings. The molecule has 0 aliphatic heterocycles. The van der Waals surface area contributed by atoms with Crippen LogP contribution < -0.4 is 16.1 Å². The van der Waals surface area contributed by atoms with Gasteiger partial charge in [0, 0.05) is 37.1 Å². The van der Waals surface area contributed by atoms with Crippen molar-refractivity contribution in [3.8, 4) is 0 Å². The summed E-state index contributed by atoms with van der Waals surface area (Å²) in [6.45, 7) is 1.61. The van der Waals surface area contributed by atoms with Gasteiger partial charge in [0.15, 0.2) is 5.43 Å². The molecular weight excluding hydrogens is 393 g/mol. The van der Waals surface area contributed by atoms with Crippen LogP contribution in [0, 0.1) is 5.92 Å². The lowest BCUT2D eigenvalue weighted by molar-refractivity contribution is 0.414. The van der Waals surface area contributed by atoms with Gasteiger partial charge in [0.2, 0.25) is 0 Å². The van der Waals surface area contributed by atoms with Crippen LogP contribution in [0.3, 0.4) is 0 Å². The third-order valence-electron chi connectivity index (χ3n) is 5.55. The summed E-state index contributed by atoms with van der Waals surface area (Å²) in [7, 11) is 0. The number of fused-ring (bicyclic) bond motifs is 1. The molecule has 0 amide bonds. The number of anilines is 1. The summed E-state index contributed by atoms with van der Waals surface area (Å²) in [5.41, 5.74) is 2.93. The van der Waals surface area contributed by atoms with E-state index in [4.69, 9.17) is 23.2 Å². The van der Waals surface area contributed by atoms with E-state index in [0.29, 0.717) is 22.0 Å². The van der Waals surface area contributed by atoms with E-state index >= 15 is 0 Å². The molecular formula is C22H23Cl2N3O. The average Bonchev–Trinajstić information content (AvgIpc) is 3.15. The second kappa shape index (κ2) is 8.56. The molecule has 146 valence electrons. The quantitative estimate of drug-likeness (QED) is 0.517. The highest BCUT2D eigenvalue weighted by Crippen LogP contribution is 2.28. The van der Waals surface area contributed by atoms with Crippen LogP contribution >= 0.6 is 23.2 Å². The number of aromatic amines is 1. The van der Waals surface area contributed by atoms with E-state index in [9.17, 15) is 4.79 Å². The predicted molar refractivity (Wildman–Crippen MR) is 117 cm³/mol. The van der Waals surface area contributed by atoms with Crippen LogP contribution in [0.2, 0.25) is 10.0 Å². The number of rotatable bonds is 6. The maximum absolute atomic E-state index is 12.3. The molecule has 0 bridgehead atoms. The molecule has 2 atom stereocenters. The lowest BCUT2D eigenvalue weighted by Crippen LogP contribution is -2.35. The summed E-state index contributed by atoms with van der Waals surface area (Å²) in [5, 5.41) is 9.08. The first-order valence-corrected chi connectivity index (χ1v) is 10.4. The third kappa shape index (κ3) is 4.19. The normalized spacial score (nSPS) is 19.2. The van der Waals surface area contributed by atoms with Crippen LogP contribution in [0.1, 0.15) is 24.8 Å². The molecule has 0 spiro atoms. The molecule has 1 heterocycles. The Kier molecular flexibility index (Phi) is 5.90. The molecule has 6 heteroatoms. The van der Waals surface area contributed by atoms with E-state index in [0.717, 1.165) is 41.7 Å². The largest absolute Gasteiger partial charge is 0.384 e. The van der Waals surface area contributed by atoms with Crippen LogP contribution in [0.25, 0.3) is 10.9 Å². The minimum absolute atomic E-state index is 0.0394. The number of halogens is 2. The highest BCUT2D eigenvalue weighted by molar-refractivity contribution is 6.42. The highest BCUT2D eigenvalue weighted by Gasteiger charge is 2.26. The molecule has 0 saturated heterocycles. The van der Waals surface area contributed by atoms with Crippen LogP contribution in [0.5, 0.6) is 0 Å². The zero-order valence-electron chi connectivity index (χ0n) is 15.5. The van der Waals surface area contributed by atoms with Gasteiger partial charge in [-0.1, -0.05) is 41.8 Å². The molecule has 2 aromatic carbocycles. The van der Waals surface area contributed by atoms with Crippen LogP contribution in [0.4, 0.5) is 5.69 Å². The third-order valence-corrected chi connectivity index (χ3v) is 6.29. The molecule has 2 unspecified atom stereocenters. The van der Waals surface area contributed by atoms with Crippen molar-refractivity contribution in [1.82, 2.24) is 10.3 Å². The van der Waals surface area contributed by atoms with Gasteiger partial charge in [0.25, 0.3) is 0 Å². The van der Waals surface area contributed by atoms with Crippen molar-refractivity contribution in [2.24, 2.45) is 5.92 Å². The summed E-state index contributed by atoms with van der Waals surface area (Å²) >= 11 is 12.1. The average molecular weight is 416 g/mol. The van der Waals surface area contributed by atoms with Crippen LogP contribution in [-0.4, -0.2) is 17.6 Å². The Morgan fingerprint density at radius 3 is 2.82 bits per heavy atom. The number of aromatic nitrogens is 1. The van der Waals surface area contributed by atoms with Crippen LogP contribution in [0.15, 0.2) is 53.5 Å². The molecule has 1 aliphatic rings. The van der Waals surface area contributed by atoms with E-state index in [-0.39, 0.29) is 5.43 Å². The SMILES string of the molecule is O=c1cc[nH]c2cccc(NCC3CCCC3NCc3ccc(Cl)c(Cl)c3)c12. The number of nitrogens with one attached hydrogen (secondary N) is 3. The zero-order chi connectivity index (χ0) is 19.5. The van der Waals surface area contributed by atoms with Gasteiger partial charge in [-0.15, -0.1) is 0 Å². The van der Waals surface area contributed by atoms with Crippen molar-refractivity contribution in [3.63, 3.8) is 0 Å². The van der Waals surface area contributed by atoms with Crippen molar-refractivity contribution in [3.05, 3.63) is 74.5 Å². The van der Waals surface area contributed by atoms with Gasteiger partial charge in [-0.3, -0.25) is 4.79 Å². The second-order valence-corrected chi connectivity index (χ2v) is 8.19. The fourth-order valence-electron chi connectivity index (χ4n) is 4.07. The van der Waals surface area contributed by atoms with Crippen molar-refractivity contribution in [2.75, 3.05) is 11.9 Å². The van der Waals surface area contributed by atoms with Gasteiger partial charge in [-0.2, -0.15) is 0 Å². The first-order chi connectivity index (χ1) is 13.6. The summed E-state index contributed by atoms with van der Waals surface area (Å²) in [4.78, 5) is 15.4. The lowest BCUT2D eigenvalue weighted by Gasteiger charge is -2.22. The first-order valence-electron chi connectivity index (χ1n) is 9.63. The fourth-order valence-corrected chi connectivity index (χ4v) is 4.39. The molecule has 4 rings (SSSR count). The van der Waals surface area contributed by atoms with E-state index in [2.05, 4.69) is 15.6 Å². The van der Waals surface area contributed by atoms with E-state index in [1.54, 1.807) is 12.3 Å². The summed E-state index contributed by atoms with van der Waals surface area (Å²) in [5.74, 6) is 0.515. The topological polar surface area (TPSA) is 56.9 Å². The molecule has 1 saturated carbocycles. The first kappa shape index (κ1) is 19.3. The molecule has 1 aromatic heterocycles. The molecule has 28 heavy (non-hydrogen) atoms. The Hall–Kier alpha value is -2.01. The summed E-state index contributed by atoms with van der Waals surface area (Å²) in [6.07, 6.45) is 5.23. The predicted octanol–water partition coefficient (Wildman–Crippen LogP) is 5.21. The number of hydrogen-bond donors (Lipinski definition) is 3. The maximum Gasteiger partial charge on any atom is 0.191 e. The van der Waals surface area contributed by atoms with Gasteiger partial charge in [0.05, 0.1) is 20.9 Å². The molecule has 3 aromatic rings. The number of H-pyrrole nitrogens is 1. The van der Waals surface area contributed by atoms with Gasteiger partial charge in [-0.05, 0) is 48.6 Å². The molecule has 1 aliphatic carbocycles. The summed E-state index contributed by atoms with van der Waals surface area (Å²) in [6, 6.07) is 13.7. The molecule has 4 nitrogen and oxygen atoms in total. The van der Waals surface area contributed by atoms with E-state index < -0.39 is 0 Å². The Morgan fingerprint density at radius 1 is 1.07 bits per heavy atom. The highest BCUT2D eigenvalue weighted by atomic mass is 35.5. The number of hydrogen-bond acceptors (Lipinski definition) is 3. The molecule has 3 N–H and O–H groups in total. The summed E-state index contributed by atoms with van der Waals surface area (Å²) < 4.78 is 0. The van der Waals surface area contributed by atoms with Crippen molar-refractivity contribution >= 4 is 39.8 Å². The Labute approximate surface area is 174 Å². The van der Waals surface area contributed by atoms with Crippen molar-refractivity contribution in [1.29, 1.82) is 0 Å². The van der Waals surface area contributed by atoms with Gasteiger partial charge in [-0.25, -0.2) is 0 Å². The minimum atomic E-state index is 0.0394. The monoisotopic (exact) mass is 415 g/mol. The number of pyridine rings is 1. The van der Waals surface area contributed by atoms with E-state index in [1.807, 2.05) is 36.4 Å². The Morgan fingerprint density at radius 2 is 1.96 bits per heavy atom. The maximum atomic E-state index is 12.3. The second-order valence-electron chi connectivity index (χ2n) is 7.38. The zero-order valence-corrected chi connectivity index (χ0v) is 17.0. The van der Waals surface area contributed by atoms with Crippen molar-refractivity contribution < 1.29 is 0 Å². The smallest absolute Gasteiger partial charge is 0.191 e.